The first kappa shape index (κ1) is 13.6. The van der Waals surface area contributed by atoms with Gasteiger partial charge in [0.15, 0.2) is 11.5 Å². The smallest absolute Gasteiger partial charge is 0.179 e. The summed E-state index contributed by atoms with van der Waals surface area (Å²) in [7, 11) is 0. The second kappa shape index (κ2) is 5.94. The maximum atomic E-state index is 6.19. The summed E-state index contributed by atoms with van der Waals surface area (Å²) < 4.78 is 17.7. The molecule has 1 aliphatic rings. The summed E-state index contributed by atoms with van der Waals surface area (Å²) in [6, 6.07) is 11.5. The third-order valence-corrected chi connectivity index (χ3v) is 3.82. The van der Waals surface area contributed by atoms with Crippen molar-refractivity contribution in [2.45, 2.75) is 6.61 Å². The summed E-state index contributed by atoms with van der Waals surface area (Å²) >= 11 is 9.64. The summed E-state index contributed by atoms with van der Waals surface area (Å²) in [6.07, 6.45) is 0. The van der Waals surface area contributed by atoms with E-state index >= 15 is 0 Å². The highest BCUT2D eigenvalue weighted by molar-refractivity contribution is 9.10. The van der Waals surface area contributed by atoms with Gasteiger partial charge in [0.05, 0.1) is 9.50 Å². The highest BCUT2D eigenvalue weighted by Gasteiger charge is 2.16. The van der Waals surface area contributed by atoms with Gasteiger partial charge in [-0.3, -0.25) is 0 Å². The summed E-state index contributed by atoms with van der Waals surface area (Å²) in [4.78, 5) is 0. The van der Waals surface area contributed by atoms with Gasteiger partial charge in [-0.05, 0) is 45.8 Å². The molecule has 0 radical (unpaired) electrons. The Balaban J connectivity index is 1.78. The fraction of sp³-hybridized carbons (Fsp3) is 0.200. The van der Waals surface area contributed by atoms with Crippen LogP contribution in [0.15, 0.2) is 40.9 Å². The third kappa shape index (κ3) is 2.86. The maximum Gasteiger partial charge on any atom is 0.179 e. The molecule has 20 heavy (non-hydrogen) atoms. The van der Waals surface area contributed by atoms with Gasteiger partial charge < -0.3 is 14.2 Å². The van der Waals surface area contributed by atoms with Crippen molar-refractivity contribution in [3.8, 4) is 17.2 Å². The van der Waals surface area contributed by atoms with Crippen LogP contribution in [0.4, 0.5) is 0 Å². The molecule has 0 unspecified atom stereocenters. The summed E-state index contributed by atoms with van der Waals surface area (Å²) in [5.41, 5.74) is 0.940. The second-order valence-electron chi connectivity index (χ2n) is 4.32. The fourth-order valence-electron chi connectivity index (χ4n) is 1.97. The van der Waals surface area contributed by atoms with Crippen molar-refractivity contribution in [2.75, 3.05) is 13.2 Å². The molecule has 0 bridgehead atoms. The van der Waals surface area contributed by atoms with E-state index < -0.39 is 0 Å². The molecule has 0 saturated heterocycles. The van der Waals surface area contributed by atoms with E-state index in [1.165, 1.54) is 0 Å². The monoisotopic (exact) mass is 354 g/mol. The molecular formula is C15H12BrClO3. The summed E-state index contributed by atoms with van der Waals surface area (Å²) in [5.74, 6) is 2.08. The first-order chi connectivity index (χ1) is 9.74. The van der Waals surface area contributed by atoms with Crippen molar-refractivity contribution in [2.24, 2.45) is 0 Å². The molecular weight excluding hydrogens is 344 g/mol. The zero-order chi connectivity index (χ0) is 13.9. The number of ether oxygens (including phenoxy) is 3. The van der Waals surface area contributed by atoms with Gasteiger partial charge in [-0.2, -0.15) is 0 Å². The first-order valence-corrected chi connectivity index (χ1v) is 7.36. The first-order valence-electron chi connectivity index (χ1n) is 6.19. The molecule has 0 spiro atoms. The molecule has 0 saturated carbocycles. The van der Waals surface area contributed by atoms with Gasteiger partial charge in [-0.1, -0.05) is 23.7 Å². The van der Waals surface area contributed by atoms with Gasteiger partial charge in [-0.15, -0.1) is 0 Å². The Kier molecular flexibility index (Phi) is 4.03. The number of para-hydroxylation sites is 1. The van der Waals surface area contributed by atoms with Crippen LogP contribution in [0.2, 0.25) is 5.02 Å². The average molecular weight is 356 g/mol. The van der Waals surface area contributed by atoms with E-state index in [2.05, 4.69) is 15.9 Å². The molecule has 1 heterocycles. The molecule has 0 amide bonds. The van der Waals surface area contributed by atoms with E-state index in [1.54, 1.807) is 0 Å². The molecule has 3 nitrogen and oxygen atoms in total. The molecule has 3 rings (SSSR count). The van der Waals surface area contributed by atoms with Crippen molar-refractivity contribution in [1.82, 2.24) is 0 Å². The Morgan fingerprint density at radius 3 is 2.80 bits per heavy atom. The van der Waals surface area contributed by atoms with Gasteiger partial charge in [-0.25, -0.2) is 0 Å². The Morgan fingerprint density at radius 2 is 1.95 bits per heavy atom. The molecule has 104 valence electrons. The lowest BCUT2D eigenvalue weighted by Gasteiger charge is -2.20. The molecule has 0 N–H and O–H groups in total. The van der Waals surface area contributed by atoms with E-state index in [0.717, 1.165) is 15.8 Å². The average Bonchev–Trinajstić information content (AvgIpc) is 2.46. The number of fused-ring (bicyclic) bond motifs is 1. The van der Waals surface area contributed by atoms with Gasteiger partial charge >= 0.3 is 0 Å². The van der Waals surface area contributed by atoms with E-state index in [-0.39, 0.29) is 0 Å². The molecule has 0 aliphatic carbocycles. The zero-order valence-electron chi connectivity index (χ0n) is 10.6. The van der Waals surface area contributed by atoms with E-state index in [9.17, 15) is 0 Å². The van der Waals surface area contributed by atoms with Crippen LogP contribution in [0.5, 0.6) is 17.2 Å². The molecule has 5 heteroatoms. The molecule has 0 fully saturated rings. The van der Waals surface area contributed by atoms with Crippen LogP contribution in [0.25, 0.3) is 0 Å². The van der Waals surface area contributed by atoms with Crippen molar-refractivity contribution in [1.29, 1.82) is 0 Å². The minimum absolute atomic E-state index is 0.416. The van der Waals surface area contributed by atoms with Crippen molar-refractivity contribution >= 4 is 27.5 Å². The highest BCUT2D eigenvalue weighted by Crippen LogP contribution is 2.38. The lowest BCUT2D eigenvalue weighted by atomic mass is 10.2. The van der Waals surface area contributed by atoms with Crippen LogP contribution in [0.1, 0.15) is 5.56 Å². The lowest BCUT2D eigenvalue weighted by molar-refractivity contribution is 0.171. The number of hydrogen-bond donors (Lipinski definition) is 0. The van der Waals surface area contributed by atoms with Crippen molar-refractivity contribution < 1.29 is 14.2 Å². The molecule has 2 aromatic rings. The molecule has 1 aliphatic heterocycles. The topological polar surface area (TPSA) is 27.7 Å². The Bertz CT molecular complexity index is 631. The Labute approximate surface area is 130 Å². The predicted molar refractivity (Wildman–Crippen MR) is 80.9 cm³/mol. The van der Waals surface area contributed by atoms with Gasteiger partial charge in [0, 0.05) is 0 Å². The van der Waals surface area contributed by atoms with E-state index in [0.29, 0.717) is 36.3 Å². The van der Waals surface area contributed by atoms with Gasteiger partial charge in [0.1, 0.15) is 25.6 Å². The van der Waals surface area contributed by atoms with Crippen molar-refractivity contribution in [3.63, 3.8) is 0 Å². The number of halogens is 2. The van der Waals surface area contributed by atoms with Crippen LogP contribution in [0.3, 0.4) is 0 Å². The van der Waals surface area contributed by atoms with Crippen LogP contribution in [-0.2, 0) is 6.61 Å². The van der Waals surface area contributed by atoms with Crippen molar-refractivity contribution in [3.05, 3.63) is 51.5 Å². The van der Waals surface area contributed by atoms with Crippen LogP contribution >= 0.6 is 27.5 Å². The number of rotatable bonds is 3. The van der Waals surface area contributed by atoms with E-state index in [1.807, 2.05) is 36.4 Å². The van der Waals surface area contributed by atoms with Crippen LogP contribution in [-0.4, -0.2) is 13.2 Å². The molecule has 2 aromatic carbocycles. The largest absolute Gasteiger partial charge is 0.488 e. The zero-order valence-corrected chi connectivity index (χ0v) is 12.9. The molecule has 0 atom stereocenters. The summed E-state index contributed by atoms with van der Waals surface area (Å²) in [5, 5.41) is 0.549. The molecule has 0 aromatic heterocycles. The minimum Gasteiger partial charge on any atom is -0.488 e. The lowest BCUT2D eigenvalue weighted by Crippen LogP contribution is -2.16. The predicted octanol–water partition coefficient (Wildman–Crippen LogP) is 4.45. The Hall–Kier alpha value is -1.39. The van der Waals surface area contributed by atoms with E-state index in [4.69, 9.17) is 25.8 Å². The standard InChI is InChI=1S/C15H12BrClO3/c16-11-3-1-2-4-13(11)20-9-10-7-12(17)15-14(8-10)18-5-6-19-15/h1-4,7-8H,5-6,9H2. The van der Waals surface area contributed by atoms with Gasteiger partial charge in [0.2, 0.25) is 0 Å². The van der Waals surface area contributed by atoms with Crippen LogP contribution < -0.4 is 14.2 Å². The fourth-order valence-corrected chi connectivity index (χ4v) is 2.66. The quantitative estimate of drug-likeness (QED) is 0.814. The Morgan fingerprint density at radius 1 is 1.15 bits per heavy atom. The second-order valence-corrected chi connectivity index (χ2v) is 5.58. The highest BCUT2D eigenvalue weighted by atomic mass is 79.9. The number of hydrogen-bond acceptors (Lipinski definition) is 3. The SMILES string of the molecule is Clc1cc(COc2ccccc2Br)cc2c1OCCO2. The normalized spacial score (nSPS) is 13.1. The van der Waals surface area contributed by atoms with Gasteiger partial charge in [0.25, 0.3) is 0 Å². The summed E-state index contributed by atoms with van der Waals surface area (Å²) in [6.45, 7) is 1.48. The van der Waals surface area contributed by atoms with Crippen LogP contribution in [0, 0.1) is 0 Å². The third-order valence-electron chi connectivity index (χ3n) is 2.89. The number of benzene rings is 2. The maximum absolute atomic E-state index is 6.19. The minimum atomic E-state index is 0.416.